The Morgan fingerprint density at radius 3 is 2.29 bits per heavy atom. The van der Waals surface area contributed by atoms with E-state index in [1.807, 2.05) is 13.8 Å². The standard InChI is InChI=1S/C20H23ClFNO4S/c1-3-15(2)23(20(24)12-13-21)14-16-4-8-18(9-5-16)27-28(25,26)19-10-6-17(22)7-11-19/h4-11,15H,3,12-14H2,1-2H3. The lowest BCUT2D eigenvalue weighted by Crippen LogP contribution is -2.37. The first-order valence-corrected chi connectivity index (χ1v) is 10.9. The zero-order valence-electron chi connectivity index (χ0n) is 15.8. The van der Waals surface area contributed by atoms with Gasteiger partial charge in [-0.2, -0.15) is 8.42 Å². The maximum Gasteiger partial charge on any atom is 0.339 e. The molecule has 5 nitrogen and oxygen atoms in total. The van der Waals surface area contributed by atoms with Crippen molar-refractivity contribution in [2.24, 2.45) is 0 Å². The molecule has 1 amide bonds. The van der Waals surface area contributed by atoms with Crippen molar-refractivity contribution in [2.75, 3.05) is 5.88 Å². The minimum atomic E-state index is -4.05. The number of hydrogen-bond donors (Lipinski definition) is 0. The molecule has 2 rings (SSSR count). The van der Waals surface area contributed by atoms with Crippen molar-refractivity contribution in [3.63, 3.8) is 0 Å². The zero-order chi connectivity index (χ0) is 20.7. The molecule has 0 saturated heterocycles. The van der Waals surface area contributed by atoms with Gasteiger partial charge >= 0.3 is 10.1 Å². The molecule has 0 spiro atoms. The van der Waals surface area contributed by atoms with Gasteiger partial charge in [-0.15, -0.1) is 11.6 Å². The van der Waals surface area contributed by atoms with Gasteiger partial charge in [0.15, 0.2) is 0 Å². The predicted octanol–water partition coefficient (Wildman–Crippen LogP) is 4.35. The van der Waals surface area contributed by atoms with E-state index in [-0.39, 0.29) is 34.9 Å². The quantitative estimate of drug-likeness (QED) is 0.441. The molecule has 28 heavy (non-hydrogen) atoms. The molecule has 2 aromatic carbocycles. The van der Waals surface area contributed by atoms with Crippen LogP contribution >= 0.6 is 11.6 Å². The summed E-state index contributed by atoms with van der Waals surface area (Å²) >= 11 is 5.69. The van der Waals surface area contributed by atoms with Crippen LogP contribution in [0.25, 0.3) is 0 Å². The number of rotatable bonds is 9. The number of halogens is 2. The van der Waals surface area contributed by atoms with Gasteiger partial charge < -0.3 is 9.08 Å². The minimum absolute atomic E-state index is 0.0245. The molecular weight excluding hydrogens is 405 g/mol. The molecule has 8 heteroatoms. The van der Waals surface area contributed by atoms with Gasteiger partial charge in [-0.1, -0.05) is 19.1 Å². The van der Waals surface area contributed by atoms with Gasteiger partial charge in [0.25, 0.3) is 0 Å². The summed E-state index contributed by atoms with van der Waals surface area (Å²) in [7, 11) is -4.05. The monoisotopic (exact) mass is 427 g/mol. The fourth-order valence-electron chi connectivity index (χ4n) is 2.56. The SMILES string of the molecule is CCC(C)N(Cc1ccc(OS(=O)(=O)c2ccc(F)cc2)cc1)C(=O)CCCl. The first-order chi connectivity index (χ1) is 13.3. The van der Waals surface area contributed by atoms with Crippen LogP contribution in [0.4, 0.5) is 4.39 Å². The Balaban J connectivity index is 2.11. The highest BCUT2D eigenvalue weighted by Gasteiger charge is 2.20. The van der Waals surface area contributed by atoms with Crippen LogP contribution in [0.15, 0.2) is 53.4 Å². The number of alkyl halides is 1. The fraction of sp³-hybridized carbons (Fsp3) is 0.350. The smallest absolute Gasteiger partial charge is 0.339 e. The van der Waals surface area contributed by atoms with Crippen molar-refractivity contribution in [3.05, 3.63) is 59.9 Å². The van der Waals surface area contributed by atoms with Crippen LogP contribution in [0.3, 0.4) is 0 Å². The first kappa shape index (κ1) is 22.2. The molecule has 1 atom stereocenters. The molecule has 0 aliphatic carbocycles. The molecule has 0 heterocycles. The number of carbonyl (C=O) groups is 1. The average Bonchev–Trinajstić information content (AvgIpc) is 2.67. The van der Waals surface area contributed by atoms with E-state index < -0.39 is 15.9 Å². The van der Waals surface area contributed by atoms with Gasteiger partial charge in [0.1, 0.15) is 16.5 Å². The van der Waals surface area contributed by atoms with E-state index in [1.165, 1.54) is 12.1 Å². The number of carbonyl (C=O) groups excluding carboxylic acids is 1. The maximum atomic E-state index is 13.0. The molecule has 0 saturated carbocycles. The van der Waals surface area contributed by atoms with Crippen LogP contribution in [-0.4, -0.2) is 31.1 Å². The van der Waals surface area contributed by atoms with Crippen molar-refractivity contribution >= 4 is 27.6 Å². The molecule has 0 aliphatic rings. The van der Waals surface area contributed by atoms with Crippen LogP contribution in [0.2, 0.25) is 0 Å². The molecular formula is C20H23ClFNO4S. The maximum absolute atomic E-state index is 13.0. The van der Waals surface area contributed by atoms with E-state index in [9.17, 15) is 17.6 Å². The Morgan fingerprint density at radius 1 is 1.14 bits per heavy atom. The van der Waals surface area contributed by atoms with E-state index in [1.54, 1.807) is 17.0 Å². The predicted molar refractivity (Wildman–Crippen MR) is 106 cm³/mol. The number of amides is 1. The lowest BCUT2D eigenvalue weighted by Gasteiger charge is -2.28. The molecule has 0 aromatic heterocycles. The van der Waals surface area contributed by atoms with Crippen LogP contribution < -0.4 is 4.18 Å². The van der Waals surface area contributed by atoms with Crippen molar-refractivity contribution in [2.45, 2.75) is 44.2 Å². The minimum Gasteiger partial charge on any atom is -0.379 e. The van der Waals surface area contributed by atoms with Crippen LogP contribution in [0.1, 0.15) is 32.3 Å². The zero-order valence-corrected chi connectivity index (χ0v) is 17.3. The van der Waals surface area contributed by atoms with Gasteiger partial charge in [-0.25, -0.2) is 4.39 Å². The van der Waals surface area contributed by atoms with Gasteiger partial charge in [0.2, 0.25) is 5.91 Å². The molecule has 0 fully saturated rings. The third-order valence-corrected chi connectivity index (χ3v) is 5.79. The van der Waals surface area contributed by atoms with E-state index in [0.29, 0.717) is 6.54 Å². The molecule has 2 aromatic rings. The van der Waals surface area contributed by atoms with E-state index in [0.717, 1.165) is 36.2 Å². The highest BCUT2D eigenvalue weighted by molar-refractivity contribution is 7.87. The van der Waals surface area contributed by atoms with E-state index in [2.05, 4.69) is 0 Å². The Kier molecular flexibility index (Phi) is 7.83. The molecule has 0 aliphatic heterocycles. The first-order valence-electron chi connectivity index (χ1n) is 8.91. The third-order valence-electron chi connectivity index (χ3n) is 4.34. The van der Waals surface area contributed by atoms with Crippen LogP contribution in [0.5, 0.6) is 5.75 Å². The second-order valence-corrected chi connectivity index (χ2v) is 8.28. The summed E-state index contributed by atoms with van der Waals surface area (Å²) in [6.07, 6.45) is 1.08. The lowest BCUT2D eigenvalue weighted by atomic mass is 10.1. The third kappa shape index (κ3) is 5.94. The van der Waals surface area contributed by atoms with Crippen LogP contribution in [-0.2, 0) is 21.5 Å². The normalized spacial score (nSPS) is 12.4. The number of hydrogen-bond acceptors (Lipinski definition) is 4. The van der Waals surface area contributed by atoms with Crippen molar-refractivity contribution in [1.82, 2.24) is 4.90 Å². The highest BCUT2D eigenvalue weighted by atomic mass is 35.5. The van der Waals surface area contributed by atoms with Gasteiger partial charge in [-0.05, 0) is 55.3 Å². The second-order valence-electron chi connectivity index (χ2n) is 6.35. The summed E-state index contributed by atoms with van der Waals surface area (Å²) < 4.78 is 42.6. The van der Waals surface area contributed by atoms with Crippen molar-refractivity contribution < 1.29 is 21.8 Å². The molecule has 152 valence electrons. The fourth-order valence-corrected chi connectivity index (χ4v) is 3.65. The van der Waals surface area contributed by atoms with Gasteiger partial charge in [0, 0.05) is 24.9 Å². The Morgan fingerprint density at radius 2 is 1.75 bits per heavy atom. The highest BCUT2D eigenvalue weighted by Crippen LogP contribution is 2.21. The number of benzene rings is 2. The summed E-state index contributed by atoms with van der Waals surface area (Å²) in [6, 6.07) is 10.9. The molecule has 1 unspecified atom stereocenters. The summed E-state index contributed by atoms with van der Waals surface area (Å²) in [6.45, 7) is 4.37. The van der Waals surface area contributed by atoms with Crippen LogP contribution in [0, 0.1) is 5.82 Å². The Hall–Kier alpha value is -2.12. The summed E-state index contributed by atoms with van der Waals surface area (Å²) in [5, 5.41) is 0. The molecule has 0 N–H and O–H groups in total. The lowest BCUT2D eigenvalue weighted by molar-refractivity contribution is -0.133. The Bertz CT molecular complexity index is 885. The van der Waals surface area contributed by atoms with Crippen molar-refractivity contribution in [1.29, 1.82) is 0 Å². The topological polar surface area (TPSA) is 63.7 Å². The van der Waals surface area contributed by atoms with E-state index >= 15 is 0 Å². The Labute approximate surface area is 170 Å². The van der Waals surface area contributed by atoms with Gasteiger partial charge in [-0.3, -0.25) is 4.79 Å². The average molecular weight is 428 g/mol. The summed E-state index contributed by atoms with van der Waals surface area (Å²) in [5.41, 5.74) is 0.842. The van der Waals surface area contributed by atoms with E-state index in [4.69, 9.17) is 15.8 Å². The van der Waals surface area contributed by atoms with Gasteiger partial charge in [0.05, 0.1) is 0 Å². The van der Waals surface area contributed by atoms with Crippen molar-refractivity contribution in [3.8, 4) is 5.75 Å². The largest absolute Gasteiger partial charge is 0.379 e. The number of nitrogens with zero attached hydrogens (tertiary/aromatic N) is 1. The molecule has 0 radical (unpaired) electrons. The molecule has 0 bridgehead atoms. The summed E-state index contributed by atoms with van der Waals surface area (Å²) in [4.78, 5) is 13.9. The second kappa shape index (κ2) is 9.89. The summed E-state index contributed by atoms with van der Waals surface area (Å²) in [5.74, 6) is -0.156.